The van der Waals surface area contributed by atoms with E-state index in [0.717, 1.165) is 31.4 Å². The Bertz CT molecular complexity index is 807. The quantitative estimate of drug-likeness (QED) is 0.627. The number of aliphatic hydroxyl groups is 1. The van der Waals surface area contributed by atoms with Gasteiger partial charge in [0.05, 0.1) is 23.0 Å². The minimum Gasteiger partial charge on any atom is -0.396 e. The molecule has 2 N–H and O–H groups in total. The lowest BCUT2D eigenvalue weighted by Gasteiger charge is -2.29. The van der Waals surface area contributed by atoms with Crippen LogP contribution in [0, 0.1) is 17.8 Å². The van der Waals surface area contributed by atoms with E-state index in [9.17, 15) is 13.9 Å². The number of anilines is 1. The summed E-state index contributed by atoms with van der Waals surface area (Å²) in [6.07, 6.45) is 7.92. The molecule has 0 aliphatic heterocycles. The number of nitrogens with one attached hydrogen (secondary N) is 1. The maximum Gasteiger partial charge on any atom is 0.333 e. The molecule has 8 heteroatoms. The molecule has 0 saturated heterocycles. The maximum absolute atomic E-state index is 12.6. The van der Waals surface area contributed by atoms with E-state index in [-0.39, 0.29) is 12.6 Å². The molecule has 0 unspecified atom stereocenters. The van der Waals surface area contributed by atoms with Crippen molar-refractivity contribution in [1.82, 2.24) is 14.8 Å². The normalized spacial score (nSPS) is 19.9. The van der Waals surface area contributed by atoms with Crippen molar-refractivity contribution in [3.8, 4) is 11.8 Å². The summed E-state index contributed by atoms with van der Waals surface area (Å²) in [5, 5.41) is 16.6. The van der Waals surface area contributed by atoms with Gasteiger partial charge in [0.15, 0.2) is 0 Å². The number of hydrogen-bond acceptors (Lipinski definition) is 4. The summed E-state index contributed by atoms with van der Waals surface area (Å²) >= 11 is 6.01. The van der Waals surface area contributed by atoms with Crippen molar-refractivity contribution in [3.63, 3.8) is 0 Å². The van der Waals surface area contributed by atoms with Crippen molar-refractivity contribution < 1.29 is 13.9 Å². The van der Waals surface area contributed by atoms with Crippen LogP contribution in [0.25, 0.3) is 0 Å². The Balaban J connectivity index is 1.75. The summed E-state index contributed by atoms with van der Waals surface area (Å²) in [4.78, 5) is 4.05. The SMILES string of the molecule is OCC1CCC(Nc2cc(Cl)ncc2C#Cc2cnn(C(F)F)c2)CC1. The van der Waals surface area contributed by atoms with Crippen LogP contribution in [0.15, 0.2) is 24.7 Å². The molecule has 0 aromatic carbocycles. The highest BCUT2D eigenvalue weighted by molar-refractivity contribution is 6.29. The monoisotopic (exact) mass is 380 g/mol. The molecule has 0 atom stereocenters. The van der Waals surface area contributed by atoms with E-state index in [1.165, 1.54) is 12.4 Å². The molecule has 2 aromatic heterocycles. The molecule has 1 fully saturated rings. The molecule has 3 rings (SSSR count). The van der Waals surface area contributed by atoms with Gasteiger partial charge in [-0.05, 0) is 37.7 Å². The van der Waals surface area contributed by atoms with Crippen LogP contribution in [0.3, 0.4) is 0 Å². The number of aromatic nitrogens is 3. The molecule has 5 nitrogen and oxygen atoms in total. The van der Waals surface area contributed by atoms with Crippen LogP contribution in [0.1, 0.15) is 43.4 Å². The molecule has 0 amide bonds. The molecule has 26 heavy (non-hydrogen) atoms. The first-order valence-corrected chi connectivity index (χ1v) is 8.80. The molecule has 1 aliphatic rings. The van der Waals surface area contributed by atoms with Crippen LogP contribution >= 0.6 is 11.6 Å². The van der Waals surface area contributed by atoms with Crippen LogP contribution in [0.5, 0.6) is 0 Å². The first kappa shape index (κ1) is 18.6. The first-order valence-electron chi connectivity index (χ1n) is 8.42. The third-order valence-electron chi connectivity index (χ3n) is 4.48. The van der Waals surface area contributed by atoms with Gasteiger partial charge in [-0.15, -0.1) is 0 Å². The second-order valence-electron chi connectivity index (χ2n) is 6.33. The summed E-state index contributed by atoms with van der Waals surface area (Å²) in [7, 11) is 0. The van der Waals surface area contributed by atoms with Gasteiger partial charge in [-0.3, -0.25) is 0 Å². The minimum absolute atomic E-state index is 0.233. The van der Waals surface area contributed by atoms with Gasteiger partial charge in [0, 0.05) is 25.0 Å². The minimum atomic E-state index is -2.69. The van der Waals surface area contributed by atoms with Crippen molar-refractivity contribution in [2.24, 2.45) is 5.92 Å². The largest absolute Gasteiger partial charge is 0.396 e. The molecular weight excluding hydrogens is 362 g/mol. The number of halogens is 3. The molecule has 0 radical (unpaired) electrons. The fourth-order valence-corrected chi connectivity index (χ4v) is 3.16. The lowest BCUT2D eigenvalue weighted by Crippen LogP contribution is -2.27. The van der Waals surface area contributed by atoms with Gasteiger partial charge >= 0.3 is 6.55 Å². The van der Waals surface area contributed by atoms with Gasteiger partial charge in [0.1, 0.15) is 5.15 Å². The molecule has 2 aromatic rings. The van der Waals surface area contributed by atoms with E-state index in [1.54, 1.807) is 12.3 Å². The highest BCUT2D eigenvalue weighted by atomic mass is 35.5. The van der Waals surface area contributed by atoms with E-state index in [4.69, 9.17) is 11.6 Å². The Labute approximate surface area is 155 Å². The number of rotatable bonds is 4. The van der Waals surface area contributed by atoms with Crippen molar-refractivity contribution in [2.75, 3.05) is 11.9 Å². The summed E-state index contributed by atoms with van der Waals surface area (Å²) < 4.78 is 25.7. The van der Waals surface area contributed by atoms with Gasteiger partial charge in [0.25, 0.3) is 0 Å². The molecular formula is C18H19ClF2N4O. The Kier molecular flexibility index (Phi) is 6.07. The number of aliphatic hydroxyl groups excluding tert-OH is 1. The Hall–Kier alpha value is -2.17. The van der Waals surface area contributed by atoms with E-state index in [1.807, 2.05) is 0 Å². The lowest BCUT2D eigenvalue weighted by atomic mass is 9.86. The summed E-state index contributed by atoms with van der Waals surface area (Å²) in [5.41, 5.74) is 1.81. The third kappa shape index (κ3) is 4.71. The van der Waals surface area contributed by atoms with Crippen molar-refractivity contribution in [2.45, 2.75) is 38.3 Å². The Morgan fingerprint density at radius 3 is 2.69 bits per heavy atom. The molecule has 1 aliphatic carbocycles. The Morgan fingerprint density at radius 1 is 1.27 bits per heavy atom. The van der Waals surface area contributed by atoms with Crippen LogP contribution in [-0.2, 0) is 0 Å². The molecule has 138 valence electrons. The van der Waals surface area contributed by atoms with Crippen molar-refractivity contribution in [1.29, 1.82) is 0 Å². The zero-order chi connectivity index (χ0) is 18.5. The Morgan fingerprint density at radius 2 is 2.04 bits per heavy atom. The maximum atomic E-state index is 12.6. The zero-order valence-corrected chi connectivity index (χ0v) is 14.8. The standard InChI is InChI=1S/C18H19ClF2N4O/c19-17-7-16(24-15-5-2-12(11-26)3-6-15)14(9-22-17)4-1-13-8-23-25(10-13)18(20)21/h7-10,12,15,18,26H,2-3,5-6,11H2,(H,22,24). The predicted octanol–water partition coefficient (Wildman–Crippen LogP) is 3.69. The van der Waals surface area contributed by atoms with Gasteiger partial charge in [0.2, 0.25) is 0 Å². The van der Waals surface area contributed by atoms with E-state index < -0.39 is 6.55 Å². The van der Waals surface area contributed by atoms with Gasteiger partial charge in [-0.1, -0.05) is 23.4 Å². The summed E-state index contributed by atoms with van der Waals surface area (Å²) in [5.74, 6) is 6.15. The van der Waals surface area contributed by atoms with Gasteiger partial charge < -0.3 is 10.4 Å². The second-order valence-corrected chi connectivity index (χ2v) is 6.72. The average molecular weight is 381 g/mol. The van der Waals surface area contributed by atoms with Crippen LogP contribution in [0.2, 0.25) is 5.15 Å². The molecule has 0 bridgehead atoms. The van der Waals surface area contributed by atoms with E-state index in [2.05, 4.69) is 27.2 Å². The number of pyridine rings is 1. The van der Waals surface area contributed by atoms with Gasteiger partial charge in [-0.25, -0.2) is 9.67 Å². The fourth-order valence-electron chi connectivity index (χ4n) is 3.01. The predicted molar refractivity (Wildman–Crippen MR) is 95.2 cm³/mol. The fraction of sp³-hybridized carbons (Fsp3) is 0.444. The van der Waals surface area contributed by atoms with Crippen LogP contribution in [0.4, 0.5) is 14.5 Å². The first-order chi connectivity index (χ1) is 12.5. The van der Waals surface area contributed by atoms with Crippen LogP contribution in [-0.4, -0.2) is 32.5 Å². The molecule has 2 heterocycles. The molecule has 1 saturated carbocycles. The highest BCUT2D eigenvalue weighted by Crippen LogP contribution is 2.28. The van der Waals surface area contributed by atoms with Crippen molar-refractivity contribution >= 4 is 17.3 Å². The summed E-state index contributed by atoms with van der Waals surface area (Å²) in [6, 6.07) is 1.99. The lowest BCUT2D eigenvalue weighted by molar-refractivity contribution is 0.0566. The second kappa shape index (κ2) is 8.47. The van der Waals surface area contributed by atoms with E-state index >= 15 is 0 Å². The zero-order valence-electron chi connectivity index (χ0n) is 14.0. The number of alkyl halides is 2. The smallest absolute Gasteiger partial charge is 0.333 e. The highest BCUT2D eigenvalue weighted by Gasteiger charge is 2.21. The van der Waals surface area contributed by atoms with Crippen molar-refractivity contribution in [3.05, 3.63) is 40.9 Å². The number of nitrogens with zero attached hydrogens (tertiary/aromatic N) is 3. The molecule has 0 spiro atoms. The van der Waals surface area contributed by atoms with E-state index in [0.29, 0.717) is 26.9 Å². The van der Waals surface area contributed by atoms with Gasteiger partial charge in [-0.2, -0.15) is 13.9 Å². The topological polar surface area (TPSA) is 63.0 Å². The number of hydrogen-bond donors (Lipinski definition) is 2. The summed E-state index contributed by atoms with van der Waals surface area (Å²) in [6.45, 7) is -2.45. The van der Waals surface area contributed by atoms with Crippen LogP contribution < -0.4 is 5.32 Å². The third-order valence-corrected chi connectivity index (χ3v) is 4.68. The average Bonchev–Trinajstić information content (AvgIpc) is 3.11.